The lowest BCUT2D eigenvalue weighted by atomic mass is 9.93. The van der Waals surface area contributed by atoms with Crippen LogP contribution in [0.1, 0.15) is 33.5 Å². The maximum Gasteiger partial charge on any atom is 0.138 e. The zero-order valence-corrected chi connectivity index (χ0v) is 10.8. The van der Waals surface area contributed by atoms with E-state index in [4.69, 9.17) is 5.73 Å². The summed E-state index contributed by atoms with van der Waals surface area (Å²) in [6.45, 7) is 10.5. The predicted molar refractivity (Wildman–Crippen MR) is 65.9 cm³/mol. The average Bonchev–Trinajstić information content (AvgIpc) is 2.63. The van der Waals surface area contributed by atoms with Crippen molar-refractivity contribution >= 4 is 0 Å². The Bertz CT molecular complexity index is 306. The van der Waals surface area contributed by atoms with Crippen LogP contribution in [0.5, 0.6) is 0 Å². The summed E-state index contributed by atoms with van der Waals surface area (Å²) in [5.74, 6) is 2.77. The zero-order chi connectivity index (χ0) is 12.1. The molecule has 0 saturated carbocycles. The second-order valence-electron chi connectivity index (χ2n) is 5.15. The van der Waals surface area contributed by atoms with Crippen molar-refractivity contribution in [2.45, 2.75) is 40.7 Å². The highest BCUT2D eigenvalue weighted by Crippen LogP contribution is 2.15. The van der Waals surface area contributed by atoms with Crippen molar-refractivity contribution in [2.24, 2.45) is 23.5 Å². The molecule has 4 heteroatoms. The van der Waals surface area contributed by atoms with Gasteiger partial charge in [-0.15, -0.1) is 0 Å². The summed E-state index contributed by atoms with van der Waals surface area (Å²) in [5, 5.41) is 4.27. The van der Waals surface area contributed by atoms with Gasteiger partial charge in [-0.3, -0.25) is 0 Å². The summed E-state index contributed by atoms with van der Waals surface area (Å²) in [6, 6.07) is 0. The van der Waals surface area contributed by atoms with E-state index in [1.54, 1.807) is 6.33 Å². The summed E-state index contributed by atoms with van der Waals surface area (Å²) in [4.78, 5) is 4.34. The Morgan fingerprint density at radius 3 is 2.50 bits per heavy atom. The van der Waals surface area contributed by atoms with Crippen LogP contribution < -0.4 is 5.73 Å². The summed E-state index contributed by atoms with van der Waals surface area (Å²) in [7, 11) is 0. The van der Waals surface area contributed by atoms with Crippen molar-refractivity contribution in [1.82, 2.24) is 14.8 Å². The van der Waals surface area contributed by atoms with Gasteiger partial charge in [-0.1, -0.05) is 27.7 Å². The van der Waals surface area contributed by atoms with Crippen molar-refractivity contribution < 1.29 is 0 Å². The number of hydrogen-bond donors (Lipinski definition) is 1. The van der Waals surface area contributed by atoms with Gasteiger partial charge in [0, 0.05) is 13.0 Å². The lowest BCUT2D eigenvalue weighted by Crippen LogP contribution is -2.22. The highest BCUT2D eigenvalue weighted by Gasteiger charge is 2.15. The molecule has 0 saturated heterocycles. The number of hydrogen-bond acceptors (Lipinski definition) is 3. The fourth-order valence-corrected chi connectivity index (χ4v) is 1.67. The molecule has 0 fully saturated rings. The molecule has 0 amide bonds. The van der Waals surface area contributed by atoms with E-state index in [9.17, 15) is 0 Å². The fourth-order valence-electron chi connectivity index (χ4n) is 1.67. The van der Waals surface area contributed by atoms with Crippen LogP contribution in [0.4, 0.5) is 0 Å². The van der Waals surface area contributed by atoms with E-state index in [1.165, 1.54) is 0 Å². The third-order valence-corrected chi connectivity index (χ3v) is 3.08. The van der Waals surface area contributed by atoms with Crippen molar-refractivity contribution in [3.8, 4) is 0 Å². The van der Waals surface area contributed by atoms with Gasteiger partial charge in [-0.2, -0.15) is 5.10 Å². The van der Waals surface area contributed by atoms with Gasteiger partial charge in [0.25, 0.3) is 0 Å². The molecule has 1 heterocycles. The Balaban J connectivity index is 2.62. The third-order valence-electron chi connectivity index (χ3n) is 3.08. The minimum absolute atomic E-state index is 0.532. The third kappa shape index (κ3) is 3.59. The van der Waals surface area contributed by atoms with E-state index in [0.29, 0.717) is 17.8 Å². The first-order valence-corrected chi connectivity index (χ1v) is 6.11. The van der Waals surface area contributed by atoms with Crippen LogP contribution in [-0.4, -0.2) is 21.3 Å². The minimum Gasteiger partial charge on any atom is -0.330 e. The predicted octanol–water partition coefficient (Wildman–Crippen LogP) is 1.71. The van der Waals surface area contributed by atoms with E-state index in [0.717, 1.165) is 25.3 Å². The molecule has 92 valence electrons. The summed E-state index contributed by atoms with van der Waals surface area (Å²) in [6.07, 6.45) is 2.61. The second-order valence-corrected chi connectivity index (χ2v) is 5.15. The average molecular weight is 224 g/mol. The van der Waals surface area contributed by atoms with Gasteiger partial charge in [0.15, 0.2) is 0 Å². The van der Waals surface area contributed by atoms with Gasteiger partial charge in [0.2, 0.25) is 0 Å². The van der Waals surface area contributed by atoms with Crippen LogP contribution in [-0.2, 0) is 13.0 Å². The normalized spacial score (nSPS) is 15.4. The molecule has 2 unspecified atom stereocenters. The van der Waals surface area contributed by atoms with Crippen molar-refractivity contribution in [3.63, 3.8) is 0 Å². The smallest absolute Gasteiger partial charge is 0.138 e. The van der Waals surface area contributed by atoms with Crippen LogP contribution >= 0.6 is 0 Å². The van der Waals surface area contributed by atoms with Crippen molar-refractivity contribution in [1.29, 1.82) is 0 Å². The molecule has 0 aromatic carbocycles. The van der Waals surface area contributed by atoms with E-state index in [2.05, 4.69) is 37.8 Å². The van der Waals surface area contributed by atoms with E-state index < -0.39 is 0 Å². The Kier molecular flexibility index (Phi) is 4.93. The van der Waals surface area contributed by atoms with Crippen LogP contribution in [0.3, 0.4) is 0 Å². The first-order chi connectivity index (χ1) is 7.54. The zero-order valence-electron chi connectivity index (χ0n) is 10.8. The fraction of sp³-hybridized carbons (Fsp3) is 0.833. The van der Waals surface area contributed by atoms with Crippen LogP contribution in [0.15, 0.2) is 6.33 Å². The molecule has 2 atom stereocenters. The molecule has 0 radical (unpaired) electrons. The topological polar surface area (TPSA) is 56.7 Å². The number of nitrogens with zero attached hydrogens (tertiary/aromatic N) is 3. The molecule has 2 N–H and O–H groups in total. The van der Waals surface area contributed by atoms with Gasteiger partial charge in [-0.25, -0.2) is 9.67 Å². The Labute approximate surface area is 98.2 Å². The first-order valence-electron chi connectivity index (χ1n) is 6.11. The minimum atomic E-state index is 0.532. The van der Waals surface area contributed by atoms with Crippen LogP contribution in [0.25, 0.3) is 0 Å². The molecule has 0 aliphatic carbocycles. The summed E-state index contributed by atoms with van der Waals surface area (Å²) in [5.41, 5.74) is 5.68. The van der Waals surface area contributed by atoms with Gasteiger partial charge in [0.05, 0.1) is 0 Å². The van der Waals surface area contributed by atoms with Gasteiger partial charge in [0.1, 0.15) is 12.2 Å². The maximum atomic E-state index is 5.68. The first kappa shape index (κ1) is 13.2. The molecule has 4 nitrogen and oxygen atoms in total. The molecular formula is C12H24N4. The van der Waals surface area contributed by atoms with E-state index in [1.807, 2.05) is 4.68 Å². The molecule has 16 heavy (non-hydrogen) atoms. The van der Waals surface area contributed by atoms with Gasteiger partial charge in [-0.05, 0) is 24.3 Å². The van der Waals surface area contributed by atoms with E-state index in [-0.39, 0.29) is 0 Å². The SMILES string of the molecule is CC(C)Cn1ncnc1CC(C)C(C)CN. The molecule has 1 aromatic rings. The molecule has 0 aliphatic rings. The summed E-state index contributed by atoms with van der Waals surface area (Å²) < 4.78 is 2.02. The Hall–Kier alpha value is -0.900. The van der Waals surface area contributed by atoms with Crippen molar-refractivity contribution in [3.05, 3.63) is 12.2 Å². The molecule has 0 aliphatic heterocycles. The van der Waals surface area contributed by atoms with E-state index >= 15 is 0 Å². The van der Waals surface area contributed by atoms with Crippen LogP contribution in [0.2, 0.25) is 0 Å². The Morgan fingerprint density at radius 1 is 1.25 bits per heavy atom. The standard InChI is InChI=1S/C12H24N4/c1-9(2)7-16-12(14-8-15-16)5-10(3)11(4)6-13/h8-11H,5-7,13H2,1-4H3. The largest absolute Gasteiger partial charge is 0.330 e. The monoisotopic (exact) mass is 224 g/mol. The second kappa shape index (κ2) is 5.99. The van der Waals surface area contributed by atoms with Crippen LogP contribution in [0, 0.1) is 17.8 Å². The Morgan fingerprint density at radius 2 is 1.94 bits per heavy atom. The molecule has 1 aromatic heterocycles. The molecule has 0 spiro atoms. The highest BCUT2D eigenvalue weighted by molar-refractivity contribution is 4.88. The van der Waals surface area contributed by atoms with Crippen molar-refractivity contribution in [2.75, 3.05) is 6.54 Å². The lowest BCUT2D eigenvalue weighted by molar-refractivity contribution is 0.371. The number of aromatic nitrogens is 3. The van der Waals surface area contributed by atoms with Gasteiger partial charge < -0.3 is 5.73 Å². The number of nitrogens with two attached hydrogens (primary N) is 1. The molecular weight excluding hydrogens is 200 g/mol. The molecule has 1 rings (SSSR count). The summed E-state index contributed by atoms with van der Waals surface area (Å²) >= 11 is 0. The lowest BCUT2D eigenvalue weighted by Gasteiger charge is -2.18. The number of rotatable bonds is 6. The quantitative estimate of drug-likeness (QED) is 0.800. The van der Waals surface area contributed by atoms with Gasteiger partial charge >= 0.3 is 0 Å². The maximum absolute atomic E-state index is 5.68. The highest BCUT2D eigenvalue weighted by atomic mass is 15.3. The molecule has 0 bridgehead atoms.